The number of pyridine rings is 1. The van der Waals surface area contributed by atoms with Crippen LogP contribution in [0.1, 0.15) is 29.7 Å². The monoisotopic (exact) mass is 523 g/mol. The average Bonchev–Trinajstić information content (AvgIpc) is 2.88. The molecule has 0 radical (unpaired) electrons. The maximum Gasteiger partial charge on any atom is 0.430 e. The second kappa shape index (κ2) is 10.4. The number of halogens is 6. The molecule has 2 aromatic carbocycles. The molecule has 1 saturated heterocycles. The van der Waals surface area contributed by atoms with E-state index in [0.29, 0.717) is 23.3 Å². The van der Waals surface area contributed by atoms with Crippen LogP contribution in [0.3, 0.4) is 0 Å². The van der Waals surface area contributed by atoms with Crippen LogP contribution in [0.5, 0.6) is 0 Å². The molecule has 1 atom stereocenters. The number of aromatic nitrogens is 1. The molecule has 3 aromatic rings. The van der Waals surface area contributed by atoms with Gasteiger partial charge in [0.25, 0.3) is 5.60 Å². The zero-order valence-corrected chi connectivity index (χ0v) is 20.1. The summed E-state index contributed by atoms with van der Waals surface area (Å²) in [4.78, 5) is 8.81. The highest BCUT2D eigenvalue weighted by atomic mass is 19.4. The molecule has 198 valence electrons. The van der Waals surface area contributed by atoms with Crippen LogP contribution >= 0.6 is 0 Å². The molecule has 1 unspecified atom stereocenters. The van der Waals surface area contributed by atoms with Gasteiger partial charge in [0.2, 0.25) is 0 Å². The van der Waals surface area contributed by atoms with Crippen LogP contribution in [0.2, 0.25) is 0 Å². The lowest BCUT2D eigenvalue weighted by Gasteiger charge is -2.38. The number of aliphatic hydroxyl groups is 1. The Bertz CT molecular complexity index is 1140. The highest BCUT2D eigenvalue weighted by Gasteiger charge is 2.71. The van der Waals surface area contributed by atoms with Crippen molar-refractivity contribution in [1.82, 2.24) is 14.8 Å². The molecule has 1 aliphatic heterocycles. The van der Waals surface area contributed by atoms with Crippen molar-refractivity contribution in [2.24, 2.45) is 0 Å². The lowest BCUT2D eigenvalue weighted by Crippen LogP contribution is -2.53. The Kier molecular flexibility index (Phi) is 7.64. The first-order chi connectivity index (χ1) is 17.4. The third-order valence-corrected chi connectivity index (χ3v) is 6.96. The van der Waals surface area contributed by atoms with Crippen molar-refractivity contribution < 1.29 is 31.4 Å². The number of piperazine rings is 1. The Morgan fingerprint density at radius 3 is 1.73 bits per heavy atom. The second-order valence-electron chi connectivity index (χ2n) is 9.25. The predicted octanol–water partition coefficient (Wildman–Crippen LogP) is 5.94. The molecule has 1 aromatic heterocycles. The van der Waals surface area contributed by atoms with E-state index in [-0.39, 0.29) is 6.04 Å². The molecule has 0 spiro atoms. The van der Waals surface area contributed by atoms with Crippen LogP contribution in [0.4, 0.5) is 26.3 Å². The SMILES string of the molecule is CC(c1ccc(-c2ccc(C(O)(C(F)(F)F)C(F)(F)F)cc2)cc1)N1CCN(Cc2ccncc2)CC1. The van der Waals surface area contributed by atoms with Crippen LogP contribution in [-0.4, -0.2) is 58.4 Å². The van der Waals surface area contributed by atoms with E-state index in [2.05, 4.69) is 21.7 Å². The van der Waals surface area contributed by atoms with E-state index in [9.17, 15) is 31.4 Å². The van der Waals surface area contributed by atoms with Crippen molar-refractivity contribution in [2.75, 3.05) is 26.2 Å². The van der Waals surface area contributed by atoms with Gasteiger partial charge in [-0.3, -0.25) is 14.8 Å². The van der Waals surface area contributed by atoms with Gasteiger partial charge in [0.05, 0.1) is 0 Å². The molecule has 4 nitrogen and oxygen atoms in total. The molecule has 10 heteroatoms. The fourth-order valence-electron chi connectivity index (χ4n) is 4.61. The normalized spacial score (nSPS) is 17.1. The third-order valence-electron chi connectivity index (χ3n) is 6.96. The third kappa shape index (κ3) is 5.66. The number of benzene rings is 2. The van der Waals surface area contributed by atoms with Gasteiger partial charge < -0.3 is 5.11 Å². The lowest BCUT2D eigenvalue weighted by atomic mass is 9.90. The van der Waals surface area contributed by atoms with E-state index in [0.717, 1.165) is 50.4 Å². The molecular formula is C27H27F6N3O. The summed E-state index contributed by atoms with van der Waals surface area (Å²) in [7, 11) is 0. The topological polar surface area (TPSA) is 39.6 Å². The molecule has 0 amide bonds. The Morgan fingerprint density at radius 2 is 1.24 bits per heavy atom. The van der Waals surface area contributed by atoms with Crippen molar-refractivity contribution in [3.63, 3.8) is 0 Å². The first-order valence-electron chi connectivity index (χ1n) is 11.8. The van der Waals surface area contributed by atoms with E-state index in [1.54, 1.807) is 24.5 Å². The van der Waals surface area contributed by atoms with Crippen molar-refractivity contribution >= 4 is 0 Å². The summed E-state index contributed by atoms with van der Waals surface area (Å²) in [5, 5.41) is 9.57. The van der Waals surface area contributed by atoms with Crippen LogP contribution in [0.15, 0.2) is 73.1 Å². The molecule has 37 heavy (non-hydrogen) atoms. The molecular weight excluding hydrogens is 496 g/mol. The van der Waals surface area contributed by atoms with E-state index in [1.807, 2.05) is 24.3 Å². The molecule has 0 bridgehead atoms. The van der Waals surface area contributed by atoms with E-state index in [1.165, 1.54) is 5.56 Å². The lowest BCUT2D eigenvalue weighted by molar-refractivity contribution is -0.376. The Balaban J connectivity index is 1.40. The van der Waals surface area contributed by atoms with E-state index >= 15 is 0 Å². The van der Waals surface area contributed by atoms with Gasteiger partial charge >= 0.3 is 12.4 Å². The van der Waals surface area contributed by atoms with Crippen LogP contribution in [0.25, 0.3) is 11.1 Å². The van der Waals surface area contributed by atoms with Crippen molar-refractivity contribution in [3.8, 4) is 11.1 Å². The zero-order chi connectivity index (χ0) is 26.8. The van der Waals surface area contributed by atoms with Crippen molar-refractivity contribution in [1.29, 1.82) is 0 Å². The summed E-state index contributed by atoms with van der Waals surface area (Å²) < 4.78 is 78.7. The summed E-state index contributed by atoms with van der Waals surface area (Å²) in [5.74, 6) is 0. The predicted molar refractivity (Wildman–Crippen MR) is 127 cm³/mol. The van der Waals surface area contributed by atoms with Gasteiger partial charge in [-0.2, -0.15) is 26.3 Å². The van der Waals surface area contributed by atoms with E-state index < -0.39 is 23.5 Å². The highest BCUT2D eigenvalue weighted by molar-refractivity contribution is 5.64. The maximum absolute atomic E-state index is 13.1. The number of rotatable bonds is 6. The molecule has 1 aliphatic rings. The molecule has 1 fully saturated rings. The second-order valence-corrected chi connectivity index (χ2v) is 9.25. The standard InChI is InChI=1S/C27H27F6N3O/c1-19(36-16-14-35(15-17-36)18-20-10-12-34-13-11-20)21-2-4-22(5-3-21)23-6-8-24(9-7-23)25(37,26(28,29)30)27(31,32)33/h2-13,19,37H,14-18H2,1H3. The minimum Gasteiger partial charge on any atom is -0.369 e. The smallest absolute Gasteiger partial charge is 0.369 e. The Labute approximate surface area is 211 Å². The summed E-state index contributed by atoms with van der Waals surface area (Å²) >= 11 is 0. The first-order valence-corrected chi connectivity index (χ1v) is 11.8. The van der Waals surface area contributed by atoms with Crippen molar-refractivity contribution in [2.45, 2.75) is 37.5 Å². The minimum absolute atomic E-state index is 0.146. The van der Waals surface area contributed by atoms with Gasteiger partial charge in [0.1, 0.15) is 0 Å². The number of hydrogen-bond acceptors (Lipinski definition) is 4. The summed E-state index contributed by atoms with van der Waals surface area (Å²) in [6.07, 6.45) is -8.24. The number of alkyl halides is 6. The molecule has 2 heterocycles. The maximum atomic E-state index is 13.1. The molecule has 0 saturated carbocycles. The molecule has 4 rings (SSSR count). The number of hydrogen-bond donors (Lipinski definition) is 1. The summed E-state index contributed by atoms with van der Waals surface area (Å²) in [6, 6.07) is 15.2. The van der Waals surface area contributed by atoms with Gasteiger partial charge in [-0.1, -0.05) is 48.5 Å². The van der Waals surface area contributed by atoms with Gasteiger partial charge in [-0.25, -0.2) is 0 Å². The van der Waals surface area contributed by atoms with Gasteiger partial charge in [-0.05, 0) is 41.3 Å². The summed E-state index contributed by atoms with van der Waals surface area (Å²) in [6.45, 7) is 6.64. The molecule has 0 aliphatic carbocycles. The Hall–Kier alpha value is -2.95. The minimum atomic E-state index is -5.91. The fraction of sp³-hybridized carbons (Fsp3) is 0.370. The van der Waals surface area contributed by atoms with E-state index in [4.69, 9.17) is 0 Å². The first kappa shape index (κ1) is 27.1. The van der Waals surface area contributed by atoms with Crippen LogP contribution < -0.4 is 0 Å². The Morgan fingerprint density at radius 1 is 0.757 bits per heavy atom. The van der Waals surface area contributed by atoms with Gasteiger partial charge in [0, 0.05) is 56.7 Å². The average molecular weight is 524 g/mol. The fourth-order valence-corrected chi connectivity index (χ4v) is 4.61. The quantitative estimate of drug-likeness (QED) is 0.406. The van der Waals surface area contributed by atoms with Crippen LogP contribution in [-0.2, 0) is 12.1 Å². The van der Waals surface area contributed by atoms with Gasteiger partial charge in [-0.15, -0.1) is 0 Å². The summed E-state index contributed by atoms with van der Waals surface area (Å²) in [5.41, 5.74) is -2.83. The van der Waals surface area contributed by atoms with Crippen LogP contribution in [0, 0.1) is 0 Å². The van der Waals surface area contributed by atoms with Crippen molar-refractivity contribution in [3.05, 3.63) is 89.7 Å². The zero-order valence-electron chi connectivity index (χ0n) is 20.1. The molecule has 1 N–H and O–H groups in total. The highest BCUT2D eigenvalue weighted by Crippen LogP contribution is 2.50. The largest absolute Gasteiger partial charge is 0.430 e. The number of nitrogens with zero attached hydrogens (tertiary/aromatic N) is 3. The van der Waals surface area contributed by atoms with Gasteiger partial charge in [0.15, 0.2) is 0 Å².